The Balaban J connectivity index is 1.73. The fourth-order valence-corrected chi connectivity index (χ4v) is 2.20. The average Bonchev–Trinajstić information content (AvgIpc) is 2.56. The SMILES string of the molecule is O=C(Nc1cc(N2CCOCC2)ncn1)c1cccc(F)c1. The van der Waals surface area contributed by atoms with Gasteiger partial charge in [-0.25, -0.2) is 14.4 Å². The number of hydrogen-bond acceptors (Lipinski definition) is 5. The molecule has 0 radical (unpaired) electrons. The smallest absolute Gasteiger partial charge is 0.256 e. The van der Waals surface area contributed by atoms with Gasteiger partial charge in [-0.1, -0.05) is 6.07 Å². The summed E-state index contributed by atoms with van der Waals surface area (Å²) in [7, 11) is 0. The summed E-state index contributed by atoms with van der Waals surface area (Å²) >= 11 is 0. The van der Waals surface area contributed by atoms with Gasteiger partial charge in [0.2, 0.25) is 0 Å². The van der Waals surface area contributed by atoms with Gasteiger partial charge in [-0.05, 0) is 18.2 Å². The summed E-state index contributed by atoms with van der Waals surface area (Å²) in [5, 5.41) is 2.65. The average molecular weight is 302 g/mol. The molecule has 2 heterocycles. The molecule has 22 heavy (non-hydrogen) atoms. The topological polar surface area (TPSA) is 67.4 Å². The lowest BCUT2D eigenvalue weighted by Crippen LogP contribution is -2.36. The number of carbonyl (C=O) groups excluding carboxylic acids is 1. The van der Waals surface area contributed by atoms with Crippen molar-refractivity contribution in [1.29, 1.82) is 0 Å². The van der Waals surface area contributed by atoms with E-state index in [0.717, 1.165) is 18.9 Å². The van der Waals surface area contributed by atoms with Crippen molar-refractivity contribution in [2.45, 2.75) is 0 Å². The molecule has 1 saturated heterocycles. The number of hydrogen-bond donors (Lipinski definition) is 1. The molecule has 1 amide bonds. The molecule has 7 heteroatoms. The number of nitrogens with one attached hydrogen (secondary N) is 1. The van der Waals surface area contributed by atoms with Gasteiger partial charge in [-0.15, -0.1) is 0 Å². The summed E-state index contributed by atoms with van der Waals surface area (Å²) in [6, 6.07) is 7.20. The molecule has 0 saturated carbocycles. The van der Waals surface area contributed by atoms with Crippen LogP contribution in [0.4, 0.5) is 16.0 Å². The van der Waals surface area contributed by atoms with Crippen molar-refractivity contribution < 1.29 is 13.9 Å². The van der Waals surface area contributed by atoms with Crippen LogP contribution in [0.5, 0.6) is 0 Å². The van der Waals surface area contributed by atoms with Crippen molar-refractivity contribution in [3.8, 4) is 0 Å². The van der Waals surface area contributed by atoms with Crippen LogP contribution in [0.15, 0.2) is 36.7 Å². The third-order valence-corrected chi connectivity index (χ3v) is 3.32. The van der Waals surface area contributed by atoms with Gasteiger partial charge in [0.15, 0.2) is 0 Å². The first-order chi connectivity index (χ1) is 10.7. The van der Waals surface area contributed by atoms with E-state index in [2.05, 4.69) is 20.2 Å². The Morgan fingerprint density at radius 2 is 2.05 bits per heavy atom. The molecule has 0 bridgehead atoms. The molecular weight excluding hydrogens is 287 g/mol. The number of aromatic nitrogens is 2. The molecule has 2 aromatic rings. The fraction of sp³-hybridized carbons (Fsp3) is 0.267. The second-order valence-corrected chi connectivity index (χ2v) is 4.83. The number of anilines is 2. The highest BCUT2D eigenvalue weighted by Crippen LogP contribution is 2.16. The predicted molar refractivity (Wildman–Crippen MR) is 79.4 cm³/mol. The normalized spacial score (nSPS) is 14.7. The van der Waals surface area contributed by atoms with Gasteiger partial charge in [0.05, 0.1) is 13.2 Å². The van der Waals surface area contributed by atoms with Gasteiger partial charge in [0.25, 0.3) is 5.91 Å². The van der Waals surface area contributed by atoms with Gasteiger partial charge in [-0.3, -0.25) is 4.79 Å². The number of amides is 1. The number of carbonyl (C=O) groups is 1. The maximum atomic E-state index is 13.1. The van der Waals surface area contributed by atoms with Gasteiger partial charge >= 0.3 is 0 Å². The molecule has 0 unspecified atom stereocenters. The molecule has 0 atom stereocenters. The lowest BCUT2D eigenvalue weighted by atomic mass is 10.2. The Morgan fingerprint density at radius 3 is 2.82 bits per heavy atom. The first kappa shape index (κ1) is 14.4. The van der Waals surface area contributed by atoms with Crippen molar-refractivity contribution in [1.82, 2.24) is 9.97 Å². The van der Waals surface area contributed by atoms with Crippen LogP contribution in [0.2, 0.25) is 0 Å². The van der Waals surface area contributed by atoms with Crippen LogP contribution in [-0.2, 0) is 4.74 Å². The largest absolute Gasteiger partial charge is 0.378 e. The summed E-state index contributed by atoms with van der Waals surface area (Å²) in [4.78, 5) is 22.4. The van der Waals surface area contributed by atoms with Crippen LogP contribution in [-0.4, -0.2) is 42.2 Å². The van der Waals surface area contributed by atoms with E-state index < -0.39 is 11.7 Å². The first-order valence-electron chi connectivity index (χ1n) is 6.94. The second kappa shape index (κ2) is 6.48. The molecule has 3 rings (SSSR count). The zero-order chi connectivity index (χ0) is 15.4. The number of nitrogens with zero attached hydrogens (tertiary/aromatic N) is 3. The van der Waals surface area contributed by atoms with Crippen LogP contribution in [0.25, 0.3) is 0 Å². The number of rotatable bonds is 3. The molecule has 0 aliphatic carbocycles. The predicted octanol–water partition coefficient (Wildman–Crippen LogP) is 1.70. The van der Waals surface area contributed by atoms with E-state index in [0.29, 0.717) is 19.0 Å². The molecule has 1 aliphatic heterocycles. The lowest BCUT2D eigenvalue weighted by molar-refractivity contribution is 0.102. The van der Waals surface area contributed by atoms with Gasteiger partial charge in [0.1, 0.15) is 23.8 Å². The highest BCUT2D eigenvalue weighted by atomic mass is 19.1. The Bertz CT molecular complexity index is 674. The van der Waals surface area contributed by atoms with Crippen LogP contribution < -0.4 is 10.2 Å². The van der Waals surface area contributed by atoms with E-state index in [1.54, 1.807) is 12.1 Å². The minimum absolute atomic E-state index is 0.242. The van der Waals surface area contributed by atoms with E-state index in [4.69, 9.17) is 4.74 Å². The summed E-state index contributed by atoms with van der Waals surface area (Å²) < 4.78 is 18.4. The van der Waals surface area contributed by atoms with E-state index in [-0.39, 0.29) is 5.56 Å². The van der Waals surface area contributed by atoms with E-state index >= 15 is 0 Å². The molecule has 1 N–H and O–H groups in total. The molecule has 1 aromatic carbocycles. The first-order valence-corrected chi connectivity index (χ1v) is 6.94. The maximum Gasteiger partial charge on any atom is 0.256 e. The standard InChI is InChI=1S/C15H15FN4O2/c16-12-3-1-2-11(8-12)15(21)19-13-9-14(18-10-17-13)20-4-6-22-7-5-20/h1-3,8-10H,4-7H2,(H,17,18,19,21). The Morgan fingerprint density at radius 1 is 1.23 bits per heavy atom. The summed E-state index contributed by atoms with van der Waals surface area (Å²) in [6.07, 6.45) is 1.39. The number of benzene rings is 1. The van der Waals surface area contributed by atoms with Crippen LogP contribution >= 0.6 is 0 Å². The second-order valence-electron chi connectivity index (χ2n) is 4.83. The quantitative estimate of drug-likeness (QED) is 0.935. The molecule has 1 fully saturated rings. The zero-order valence-electron chi connectivity index (χ0n) is 11.8. The molecule has 114 valence electrons. The van der Waals surface area contributed by atoms with Crippen molar-refractivity contribution in [2.24, 2.45) is 0 Å². The fourth-order valence-electron chi connectivity index (χ4n) is 2.20. The number of halogens is 1. The van der Waals surface area contributed by atoms with Gasteiger partial charge in [0, 0.05) is 24.7 Å². The third kappa shape index (κ3) is 3.37. The monoisotopic (exact) mass is 302 g/mol. The van der Waals surface area contributed by atoms with E-state index in [9.17, 15) is 9.18 Å². The Labute approximate surface area is 126 Å². The molecular formula is C15H15FN4O2. The summed E-state index contributed by atoms with van der Waals surface area (Å²) in [5.74, 6) is 0.245. The maximum absolute atomic E-state index is 13.1. The third-order valence-electron chi connectivity index (χ3n) is 3.32. The minimum Gasteiger partial charge on any atom is -0.378 e. The van der Waals surface area contributed by atoms with Crippen molar-refractivity contribution >= 4 is 17.5 Å². The molecule has 1 aliphatic rings. The van der Waals surface area contributed by atoms with Crippen molar-refractivity contribution in [3.63, 3.8) is 0 Å². The number of ether oxygens (including phenoxy) is 1. The zero-order valence-corrected chi connectivity index (χ0v) is 11.8. The van der Waals surface area contributed by atoms with Gasteiger partial charge in [-0.2, -0.15) is 0 Å². The highest BCUT2D eigenvalue weighted by molar-refractivity contribution is 6.03. The van der Waals surface area contributed by atoms with Crippen molar-refractivity contribution in [3.05, 3.63) is 48.0 Å². The molecule has 6 nitrogen and oxygen atoms in total. The summed E-state index contributed by atoms with van der Waals surface area (Å²) in [6.45, 7) is 2.78. The van der Waals surface area contributed by atoms with Crippen LogP contribution in [0.1, 0.15) is 10.4 Å². The Hall–Kier alpha value is -2.54. The minimum atomic E-state index is -0.454. The van der Waals surface area contributed by atoms with Crippen molar-refractivity contribution in [2.75, 3.05) is 36.5 Å². The summed E-state index contributed by atoms with van der Waals surface area (Å²) in [5.41, 5.74) is 0.242. The van der Waals surface area contributed by atoms with Crippen LogP contribution in [0.3, 0.4) is 0 Å². The number of morpholine rings is 1. The molecule has 0 spiro atoms. The highest BCUT2D eigenvalue weighted by Gasteiger charge is 2.14. The van der Waals surface area contributed by atoms with Crippen LogP contribution in [0, 0.1) is 5.82 Å². The van der Waals surface area contributed by atoms with E-state index in [1.807, 2.05) is 0 Å². The Kier molecular flexibility index (Phi) is 4.24. The van der Waals surface area contributed by atoms with Gasteiger partial charge < -0.3 is 15.0 Å². The van der Waals surface area contributed by atoms with E-state index in [1.165, 1.54) is 24.5 Å². The lowest BCUT2D eigenvalue weighted by Gasteiger charge is -2.27. The molecule has 1 aromatic heterocycles.